The average Bonchev–Trinajstić information content (AvgIpc) is 2.30. The fraction of sp³-hybridized carbons (Fsp3) is 0.750. The second kappa shape index (κ2) is 10.2. The normalized spacial score (nSPS) is 12.2. The minimum atomic E-state index is -0.248. The van der Waals surface area contributed by atoms with Crippen LogP contribution >= 0.6 is 11.6 Å². The molecule has 0 unspecified atom stereocenters. The molecule has 2 nitrogen and oxygen atoms in total. The molecule has 4 heteroatoms. The number of carbonyl (C=O) groups excluding carboxylic acids is 1. The van der Waals surface area contributed by atoms with Gasteiger partial charge in [-0.05, 0) is 0 Å². The van der Waals surface area contributed by atoms with Crippen LogP contribution in [0.15, 0.2) is 9.50 Å². The SMILES string of the molecule is CCCCCC/C(Cl)=C(/[Se]CC)C(=O)OC. The number of carbonyl (C=O) groups is 1. The van der Waals surface area contributed by atoms with E-state index in [9.17, 15) is 4.79 Å². The van der Waals surface area contributed by atoms with E-state index in [4.69, 9.17) is 16.3 Å². The molecule has 0 saturated heterocycles. The van der Waals surface area contributed by atoms with E-state index in [0.717, 1.165) is 22.6 Å². The number of halogens is 1. The third-order valence-corrected chi connectivity index (χ3v) is 4.87. The maximum absolute atomic E-state index is 11.5. The van der Waals surface area contributed by atoms with Gasteiger partial charge in [0.2, 0.25) is 0 Å². The number of unbranched alkanes of at least 4 members (excludes halogenated alkanes) is 3. The molecule has 0 aromatic carbocycles. The van der Waals surface area contributed by atoms with Crippen molar-refractivity contribution >= 4 is 32.5 Å². The van der Waals surface area contributed by atoms with Crippen molar-refractivity contribution < 1.29 is 9.53 Å². The molecule has 0 fully saturated rings. The molecule has 0 aromatic heterocycles. The second-order valence-electron chi connectivity index (χ2n) is 3.47. The average molecular weight is 312 g/mol. The van der Waals surface area contributed by atoms with Gasteiger partial charge in [0, 0.05) is 0 Å². The molecule has 0 heterocycles. The summed E-state index contributed by atoms with van der Waals surface area (Å²) in [6, 6.07) is 0. The van der Waals surface area contributed by atoms with E-state index in [0.29, 0.717) is 5.03 Å². The third kappa shape index (κ3) is 6.57. The molecule has 0 aliphatic heterocycles. The molecule has 0 aromatic rings. The van der Waals surface area contributed by atoms with Crippen molar-refractivity contribution in [1.82, 2.24) is 0 Å². The van der Waals surface area contributed by atoms with E-state index < -0.39 is 0 Å². The zero-order valence-corrected chi connectivity index (χ0v) is 12.8. The van der Waals surface area contributed by atoms with Crippen LogP contribution in [0.3, 0.4) is 0 Å². The van der Waals surface area contributed by atoms with Crippen molar-refractivity contribution in [3.05, 3.63) is 9.50 Å². The molecule has 0 aliphatic carbocycles. The van der Waals surface area contributed by atoms with Gasteiger partial charge < -0.3 is 0 Å². The summed E-state index contributed by atoms with van der Waals surface area (Å²) in [5.41, 5.74) is 0. The molecular formula is C12H21ClO2Se. The molecular weight excluding hydrogens is 291 g/mol. The summed E-state index contributed by atoms with van der Waals surface area (Å²) >= 11 is 6.32. The van der Waals surface area contributed by atoms with Gasteiger partial charge in [-0.3, -0.25) is 0 Å². The summed E-state index contributed by atoms with van der Waals surface area (Å²) in [6.45, 7) is 4.24. The van der Waals surface area contributed by atoms with Gasteiger partial charge >= 0.3 is 110 Å². The molecule has 0 radical (unpaired) electrons. The summed E-state index contributed by atoms with van der Waals surface area (Å²) in [5.74, 6) is -0.248. The van der Waals surface area contributed by atoms with Crippen molar-refractivity contribution in [3.63, 3.8) is 0 Å². The van der Waals surface area contributed by atoms with Gasteiger partial charge in [-0.2, -0.15) is 0 Å². The molecule has 0 bridgehead atoms. The molecule has 0 aliphatic rings. The Morgan fingerprint density at radius 2 is 1.94 bits per heavy atom. The second-order valence-corrected chi connectivity index (χ2v) is 6.60. The number of esters is 1. The van der Waals surface area contributed by atoms with Crippen LogP contribution in [0, 0.1) is 0 Å². The van der Waals surface area contributed by atoms with E-state index in [1.165, 1.54) is 26.4 Å². The Balaban J connectivity index is 4.27. The van der Waals surface area contributed by atoms with Gasteiger partial charge in [0.1, 0.15) is 0 Å². The Kier molecular flexibility index (Phi) is 10.2. The van der Waals surface area contributed by atoms with Crippen LogP contribution in [0.5, 0.6) is 0 Å². The number of rotatable bonds is 8. The zero-order valence-electron chi connectivity index (χ0n) is 10.3. The van der Waals surface area contributed by atoms with E-state index in [1.54, 1.807) is 0 Å². The monoisotopic (exact) mass is 312 g/mol. The minimum absolute atomic E-state index is 0.148. The first-order chi connectivity index (χ1) is 7.67. The summed E-state index contributed by atoms with van der Waals surface area (Å²) < 4.78 is 5.47. The first kappa shape index (κ1) is 16.0. The topological polar surface area (TPSA) is 26.3 Å². The number of hydrogen-bond acceptors (Lipinski definition) is 2. The molecule has 0 atom stereocenters. The molecule has 0 saturated carbocycles. The summed E-state index contributed by atoms with van der Waals surface area (Å²) in [7, 11) is 1.41. The van der Waals surface area contributed by atoms with Crippen LogP contribution < -0.4 is 0 Å². The Bertz CT molecular complexity index is 239. The van der Waals surface area contributed by atoms with Gasteiger partial charge in [-0.25, -0.2) is 0 Å². The molecule has 0 spiro atoms. The number of ether oxygens (including phenoxy) is 1. The predicted octanol–water partition coefficient (Wildman–Crippen LogP) is 3.72. The Labute approximate surface area is 110 Å². The van der Waals surface area contributed by atoms with Crippen LogP contribution in [0.4, 0.5) is 0 Å². The van der Waals surface area contributed by atoms with Crippen molar-refractivity contribution in [2.24, 2.45) is 0 Å². The first-order valence-electron chi connectivity index (χ1n) is 5.77. The fourth-order valence-electron chi connectivity index (χ4n) is 1.31. The summed E-state index contributed by atoms with van der Waals surface area (Å²) in [4.78, 5) is 11.5. The Morgan fingerprint density at radius 3 is 2.44 bits per heavy atom. The molecule has 94 valence electrons. The van der Waals surface area contributed by atoms with Crippen LogP contribution in [0.25, 0.3) is 0 Å². The van der Waals surface area contributed by atoms with E-state index >= 15 is 0 Å². The van der Waals surface area contributed by atoms with E-state index in [-0.39, 0.29) is 20.9 Å². The van der Waals surface area contributed by atoms with Crippen molar-refractivity contribution in [2.45, 2.75) is 51.3 Å². The zero-order chi connectivity index (χ0) is 12.4. The quantitative estimate of drug-likeness (QED) is 0.295. The standard InChI is InChI=1S/C12H21ClO2Se/c1-4-6-7-8-9-10(13)11(16-5-2)12(14)15-3/h4-9H2,1-3H3/b11-10-. The Hall–Kier alpha value is 0.0195. The number of methoxy groups -OCH3 is 1. The Morgan fingerprint density at radius 1 is 1.25 bits per heavy atom. The molecule has 0 N–H and O–H groups in total. The molecule has 0 rings (SSSR count). The third-order valence-electron chi connectivity index (χ3n) is 2.16. The van der Waals surface area contributed by atoms with Crippen molar-refractivity contribution in [1.29, 1.82) is 0 Å². The predicted molar refractivity (Wildman–Crippen MR) is 69.9 cm³/mol. The summed E-state index contributed by atoms with van der Waals surface area (Å²) in [5, 5.41) is 1.69. The number of allylic oxidation sites excluding steroid dienone is 1. The van der Waals surface area contributed by atoms with Crippen LogP contribution in [-0.4, -0.2) is 28.0 Å². The maximum atomic E-state index is 11.5. The van der Waals surface area contributed by atoms with Crippen molar-refractivity contribution in [2.75, 3.05) is 7.11 Å². The van der Waals surface area contributed by atoms with Gasteiger partial charge in [0.25, 0.3) is 0 Å². The summed E-state index contributed by atoms with van der Waals surface area (Å²) in [6.07, 6.45) is 5.50. The van der Waals surface area contributed by atoms with Gasteiger partial charge in [0.05, 0.1) is 0 Å². The molecule has 0 amide bonds. The van der Waals surface area contributed by atoms with Gasteiger partial charge in [0.15, 0.2) is 0 Å². The first-order valence-corrected chi connectivity index (χ1v) is 8.21. The van der Waals surface area contributed by atoms with Gasteiger partial charge in [-0.15, -0.1) is 0 Å². The van der Waals surface area contributed by atoms with E-state index in [2.05, 4.69) is 13.8 Å². The van der Waals surface area contributed by atoms with Crippen LogP contribution in [-0.2, 0) is 9.53 Å². The van der Waals surface area contributed by atoms with Gasteiger partial charge in [-0.1, -0.05) is 0 Å². The van der Waals surface area contributed by atoms with Crippen molar-refractivity contribution in [3.8, 4) is 0 Å². The number of hydrogen-bond donors (Lipinski definition) is 0. The molecule has 16 heavy (non-hydrogen) atoms. The fourth-order valence-corrected chi connectivity index (χ4v) is 3.37. The van der Waals surface area contributed by atoms with Crippen LogP contribution in [0.2, 0.25) is 5.32 Å². The van der Waals surface area contributed by atoms with Crippen LogP contribution in [0.1, 0.15) is 46.0 Å². The van der Waals surface area contributed by atoms with E-state index in [1.807, 2.05) is 0 Å².